The second-order valence-corrected chi connectivity index (χ2v) is 6.52. The second kappa shape index (κ2) is 7.13. The fraction of sp³-hybridized carbons (Fsp3) is 0.556. The zero-order valence-electron chi connectivity index (χ0n) is 13.8. The molecule has 1 N–H and O–H groups in total. The molecule has 0 aromatic heterocycles. The van der Waals surface area contributed by atoms with E-state index in [1.54, 1.807) is 6.92 Å². The van der Waals surface area contributed by atoms with Crippen molar-refractivity contribution in [2.24, 2.45) is 0 Å². The van der Waals surface area contributed by atoms with E-state index in [-0.39, 0.29) is 11.7 Å². The number of hydrogen-bond acceptors (Lipinski definition) is 4. The van der Waals surface area contributed by atoms with Gasteiger partial charge in [-0.1, -0.05) is 0 Å². The Kier molecular flexibility index (Phi) is 4.96. The average molecular weight is 315 g/mol. The van der Waals surface area contributed by atoms with E-state index in [9.17, 15) is 9.59 Å². The van der Waals surface area contributed by atoms with E-state index in [1.807, 2.05) is 24.3 Å². The molecular formula is C18H25N3O2. The molecule has 1 aromatic carbocycles. The quantitative estimate of drug-likeness (QED) is 0.812. The molecule has 3 rings (SSSR count). The molecule has 1 amide bonds. The van der Waals surface area contributed by atoms with Gasteiger partial charge in [0.2, 0.25) is 5.91 Å². The third-order valence-electron chi connectivity index (χ3n) is 4.61. The Labute approximate surface area is 137 Å². The summed E-state index contributed by atoms with van der Waals surface area (Å²) in [5, 5.41) is 3.04. The molecule has 124 valence electrons. The van der Waals surface area contributed by atoms with Gasteiger partial charge in [-0.3, -0.25) is 14.5 Å². The van der Waals surface area contributed by atoms with Crippen molar-refractivity contribution < 1.29 is 9.59 Å². The third kappa shape index (κ3) is 4.55. The van der Waals surface area contributed by atoms with Crippen LogP contribution in [0.25, 0.3) is 0 Å². The Morgan fingerprint density at radius 1 is 1.09 bits per heavy atom. The van der Waals surface area contributed by atoms with E-state index in [0.29, 0.717) is 12.5 Å². The largest absolute Gasteiger partial charge is 0.369 e. The Balaban J connectivity index is 1.42. The molecular weight excluding hydrogens is 290 g/mol. The lowest BCUT2D eigenvalue weighted by molar-refractivity contribution is -0.121. The Morgan fingerprint density at radius 2 is 1.74 bits per heavy atom. The lowest BCUT2D eigenvalue weighted by Gasteiger charge is -2.36. The number of anilines is 1. The molecule has 0 bridgehead atoms. The number of amides is 1. The van der Waals surface area contributed by atoms with Crippen molar-refractivity contribution in [3.8, 4) is 0 Å². The van der Waals surface area contributed by atoms with Crippen molar-refractivity contribution in [1.82, 2.24) is 10.2 Å². The van der Waals surface area contributed by atoms with Crippen molar-refractivity contribution in [1.29, 1.82) is 0 Å². The number of hydrogen-bond donors (Lipinski definition) is 1. The summed E-state index contributed by atoms with van der Waals surface area (Å²) < 4.78 is 0. The van der Waals surface area contributed by atoms with Gasteiger partial charge >= 0.3 is 0 Å². The highest BCUT2D eigenvalue weighted by molar-refractivity contribution is 5.94. The van der Waals surface area contributed by atoms with Crippen molar-refractivity contribution in [3.63, 3.8) is 0 Å². The van der Waals surface area contributed by atoms with Crippen LogP contribution in [0.2, 0.25) is 0 Å². The van der Waals surface area contributed by atoms with Crippen LogP contribution in [0.15, 0.2) is 24.3 Å². The minimum atomic E-state index is 0.103. The van der Waals surface area contributed by atoms with Gasteiger partial charge in [0.05, 0.1) is 0 Å². The van der Waals surface area contributed by atoms with Crippen molar-refractivity contribution in [3.05, 3.63) is 29.8 Å². The van der Waals surface area contributed by atoms with Gasteiger partial charge in [0.15, 0.2) is 5.78 Å². The summed E-state index contributed by atoms with van der Waals surface area (Å²) in [7, 11) is 0. The first-order chi connectivity index (χ1) is 11.1. The summed E-state index contributed by atoms with van der Waals surface area (Å²) >= 11 is 0. The van der Waals surface area contributed by atoms with Gasteiger partial charge in [0.1, 0.15) is 0 Å². The number of carbonyl (C=O) groups excluding carboxylic acids is 2. The van der Waals surface area contributed by atoms with Crippen LogP contribution >= 0.6 is 0 Å². The average Bonchev–Trinajstić information content (AvgIpc) is 3.37. The molecule has 1 heterocycles. The van der Waals surface area contributed by atoms with E-state index in [1.165, 1.54) is 5.69 Å². The smallest absolute Gasteiger partial charge is 0.221 e. The summed E-state index contributed by atoms with van der Waals surface area (Å²) in [6.07, 6.45) is 2.89. The van der Waals surface area contributed by atoms with Gasteiger partial charge in [-0.25, -0.2) is 0 Å². The molecule has 0 unspecified atom stereocenters. The summed E-state index contributed by atoms with van der Waals surface area (Å²) in [5.74, 6) is 0.292. The highest BCUT2D eigenvalue weighted by Gasteiger charge is 2.23. The van der Waals surface area contributed by atoms with Crippen LogP contribution in [0.5, 0.6) is 0 Å². The summed E-state index contributed by atoms with van der Waals surface area (Å²) in [6, 6.07) is 8.29. The van der Waals surface area contributed by atoms with Crippen molar-refractivity contribution in [2.75, 3.05) is 37.6 Å². The second-order valence-electron chi connectivity index (χ2n) is 6.52. The van der Waals surface area contributed by atoms with Crippen LogP contribution in [0.4, 0.5) is 5.69 Å². The first kappa shape index (κ1) is 16.0. The fourth-order valence-corrected chi connectivity index (χ4v) is 2.92. The van der Waals surface area contributed by atoms with Gasteiger partial charge in [0.25, 0.3) is 0 Å². The normalized spacial score (nSPS) is 18.7. The summed E-state index contributed by atoms with van der Waals surface area (Å²) in [4.78, 5) is 27.7. The molecule has 1 saturated heterocycles. The number of rotatable bonds is 6. The van der Waals surface area contributed by atoms with E-state index in [4.69, 9.17) is 0 Å². The standard InChI is InChI=1S/C18H25N3O2/c1-14(22)15-2-6-17(7-3-15)21-12-10-20(11-13-21)9-8-18(23)19-16-4-5-16/h2-3,6-7,16H,4-5,8-13H2,1H3,(H,19,23). The van der Waals surface area contributed by atoms with Crippen molar-refractivity contribution >= 4 is 17.4 Å². The maximum atomic E-state index is 11.7. The molecule has 5 nitrogen and oxygen atoms in total. The number of Topliss-reactive ketones (excluding diaryl/α,β-unsaturated/α-hetero) is 1. The Bertz CT molecular complexity index is 558. The maximum Gasteiger partial charge on any atom is 0.221 e. The lowest BCUT2D eigenvalue weighted by atomic mass is 10.1. The number of ketones is 1. The fourth-order valence-electron chi connectivity index (χ4n) is 2.92. The zero-order chi connectivity index (χ0) is 16.2. The molecule has 2 aliphatic rings. The van der Waals surface area contributed by atoms with Gasteiger partial charge in [-0.2, -0.15) is 0 Å². The van der Waals surface area contributed by atoms with Gasteiger partial charge in [0, 0.05) is 56.4 Å². The molecule has 5 heteroatoms. The molecule has 1 aromatic rings. The lowest BCUT2D eigenvalue weighted by Crippen LogP contribution is -2.47. The number of carbonyl (C=O) groups is 2. The Morgan fingerprint density at radius 3 is 2.30 bits per heavy atom. The summed E-state index contributed by atoms with van der Waals surface area (Å²) in [5.41, 5.74) is 1.93. The van der Waals surface area contributed by atoms with Gasteiger partial charge < -0.3 is 10.2 Å². The Hall–Kier alpha value is -1.88. The molecule has 1 aliphatic carbocycles. The summed E-state index contributed by atoms with van der Waals surface area (Å²) in [6.45, 7) is 6.31. The van der Waals surface area contributed by atoms with Crippen LogP contribution in [0.3, 0.4) is 0 Å². The molecule has 23 heavy (non-hydrogen) atoms. The molecule has 0 radical (unpaired) electrons. The van der Waals surface area contributed by atoms with E-state index in [2.05, 4.69) is 15.1 Å². The predicted molar refractivity (Wildman–Crippen MR) is 90.9 cm³/mol. The van der Waals surface area contributed by atoms with Crippen LogP contribution in [0, 0.1) is 0 Å². The maximum absolute atomic E-state index is 11.7. The van der Waals surface area contributed by atoms with Crippen LogP contribution < -0.4 is 10.2 Å². The number of benzene rings is 1. The van der Waals surface area contributed by atoms with E-state index >= 15 is 0 Å². The predicted octanol–water partition coefficient (Wildman–Crippen LogP) is 1.68. The van der Waals surface area contributed by atoms with E-state index < -0.39 is 0 Å². The molecule has 0 spiro atoms. The van der Waals surface area contributed by atoms with E-state index in [0.717, 1.165) is 51.1 Å². The zero-order valence-corrected chi connectivity index (χ0v) is 13.8. The molecule has 1 aliphatic heterocycles. The number of nitrogens with zero attached hydrogens (tertiary/aromatic N) is 2. The highest BCUT2D eigenvalue weighted by atomic mass is 16.1. The monoisotopic (exact) mass is 315 g/mol. The SMILES string of the molecule is CC(=O)c1ccc(N2CCN(CCC(=O)NC3CC3)CC2)cc1. The van der Waals surface area contributed by atoms with Gasteiger partial charge in [-0.05, 0) is 44.0 Å². The topological polar surface area (TPSA) is 52.7 Å². The minimum Gasteiger partial charge on any atom is -0.369 e. The molecule has 1 saturated carbocycles. The minimum absolute atomic E-state index is 0.103. The molecule has 0 atom stereocenters. The van der Waals surface area contributed by atoms with Crippen LogP contribution in [0.1, 0.15) is 36.5 Å². The third-order valence-corrected chi connectivity index (χ3v) is 4.61. The highest BCUT2D eigenvalue weighted by Crippen LogP contribution is 2.19. The van der Waals surface area contributed by atoms with Gasteiger partial charge in [-0.15, -0.1) is 0 Å². The molecule has 2 fully saturated rings. The number of nitrogens with one attached hydrogen (secondary N) is 1. The first-order valence-corrected chi connectivity index (χ1v) is 8.49. The van der Waals surface area contributed by atoms with Crippen LogP contribution in [-0.4, -0.2) is 55.4 Å². The first-order valence-electron chi connectivity index (χ1n) is 8.49. The van der Waals surface area contributed by atoms with Crippen LogP contribution in [-0.2, 0) is 4.79 Å². The van der Waals surface area contributed by atoms with Crippen molar-refractivity contribution in [2.45, 2.75) is 32.2 Å². The number of piperazine rings is 1.